The lowest BCUT2D eigenvalue weighted by atomic mass is 9.97. The maximum atomic E-state index is 12.3. The third-order valence-electron chi connectivity index (χ3n) is 7.83. The first-order valence-corrected chi connectivity index (χ1v) is 17.9. The molecule has 0 heterocycles. The molecular weight excluding hydrogens is 624 g/mol. The van der Waals surface area contributed by atoms with Crippen LogP contribution in [0, 0.1) is 35.5 Å². The van der Waals surface area contributed by atoms with Gasteiger partial charge >= 0.3 is 0 Å². The number of ether oxygens (including phenoxy) is 1. The Balaban J connectivity index is -0.00000384. The number of carbonyl (C=O) groups is 2. The van der Waals surface area contributed by atoms with Crippen LogP contribution in [0.4, 0.5) is 0 Å². The summed E-state index contributed by atoms with van der Waals surface area (Å²) in [6, 6.07) is 0. The lowest BCUT2D eigenvalue weighted by Crippen LogP contribution is -2.30. The third-order valence-corrected chi connectivity index (χ3v) is 7.83. The van der Waals surface area contributed by atoms with E-state index >= 15 is 0 Å². The molecule has 0 spiro atoms. The van der Waals surface area contributed by atoms with Gasteiger partial charge < -0.3 is 25.6 Å². The normalized spacial score (nSPS) is 14.9. The van der Waals surface area contributed by atoms with Crippen LogP contribution >= 0.6 is 0 Å². The summed E-state index contributed by atoms with van der Waals surface area (Å²) < 4.78 is 5.53. The molecule has 0 aliphatic rings. The van der Waals surface area contributed by atoms with E-state index in [-0.39, 0.29) is 33.9 Å². The molecule has 0 aliphatic carbocycles. The third kappa shape index (κ3) is 24.5. The highest BCUT2D eigenvalue weighted by molar-refractivity contribution is 5.93. The summed E-state index contributed by atoms with van der Waals surface area (Å²) in [6.07, 6.45) is 21.1. The average molecular weight is 697 g/mol. The van der Waals surface area contributed by atoms with E-state index in [0.29, 0.717) is 63.1 Å². The molecule has 2 amide bonds. The second-order valence-electron chi connectivity index (χ2n) is 12.4. The maximum Gasteiger partial charge on any atom is 0.246 e. The Bertz CT molecular complexity index is 1190. The zero-order valence-electron chi connectivity index (χ0n) is 31.5. The number of rotatable bonds is 22. The minimum Gasteiger partial charge on any atom is -0.388 e. The molecule has 0 aromatic carbocycles. The van der Waals surface area contributed by atoms with Crippen LogP contribution in [-0.2, 0) is 14.3 Å². The zero-order chi connectivity index (χ0) is 36.9. The van der Waals surface area contributed by atoms with Gasteiger partial charge in [0, 0.05) is 51.8 Å². The highest BCUT2D eigenvalue weighted by Gasteiger charge is 2.13. The number of aliphatic hydroxyl groups is 2. The van der Waals surface area contributed by atoms with Gasteiger partial charge in [0.05, 0.1) is 25.4 Å². The second-order valence-corrected chi connectivity index (χ2v) is 12.4. The van der Waals surface area contributed by atoms with Crippen LogP contribution in [0.2, 0.25) is 0 Å². The monoisotopic (exact) mass is 697 g/mol. The molecule has 284 valence electrons. The van der Waals surface area contributed by atoms with Crippen molar-refractivity contribution in [1.82, 2.24) is 10.6 Å². The first kappa shape index (κ1) is 48.5. The van der Waals surface area contributed by atoms with E-state index in [2.05, 4.69) is 60.3 Å². The van der Waals surface area contributed by atoms with Crippen molar-refractivity contribution in [2.24, 2.45) is 11.8 Å². The Morgan fingerprint density at radius 3 is 1.42 bits per heavy atom. The Hall–Kier alpha value is -3.62. The zero-order valence-corrected chi connectivity index (χ0v) is 31.5. The molecule has 0 aromatic rings. The van der Waals surface area contributed by atoms with Crippen LogP contribution in [0.25, 0.3) is 0 Å². The van der Waals surface area contributed by atoms with Crippen molar-refractivity contribution in [2.45, 2.75) is 126 Å². The van der Waals surface area contributed by atoms with Crippen molar-refractivity contribution < 1.29 is 27.4 Å². The fourth-order valence-corrected chi connectivity index (χ4v) is 4.45. The Morgan fingerprint density at radius 2 is 1.06 bits per heavy atom. The smallest absolute Gasteiger partial charge is 0.246 e. The molecule has 0 saturated carbocycles. The van der Waals surface area contributed by atoms with Gasteiger partial charge in [-0.2, -0.15) is 0 Å². The minimum absolute atomic E-state index is 0. The number of hydrogen-bond acceptors (Lipinski definition) is 5. The van der Waals surface area contributed by atoms with Crippen molar-refractivity contribution in [3.63, 3.8) is 0 Å². The topological polar surface area (TPSA) is 108 Å². The molecule has 0 fully saturated rings. The van der Waals surface area contributed by atoms with Gasteiger partial charge in [0.1, 0.15) is 0 Å². The van der Waals surface area contributed by atoms with Crippen molar-refractivity contribution in [3.05, 3.63) is 70.9 Å². The van der Waals surface area contributed by atoms with E-state index in [9.17, 15) is 19.8 Å². The number of unbranched alkanes of at least 4 members (excludes halogenated alkanes) is 4. The van der Waals surface area contributed by atoms with Crippen LogP contribution in [0.3, 0.4) is 0 Å². The van der Waals surface area contributed by atoms with Crippen LogP contribution < -0.4 is 10.6 Å². The molecular formula is C43H72N2O5. The number of nitrogens with one attached hydrogen (secondary N) is 2. The Morgan fingerprint density at radius 1 is 0.680 bits per heavy atom. The summed E-state index contributed by atoms with van der Waals surface area (Å²) in [7, 11) is 0. The Kier molecular flexibility index (Phi) is 30.4. The number of carbonyl (C=O) groups excluding carboxylic acids is 2. The molecule has 0 radical (unpaired) electrons. The van der Waals surface area contributed by atoms with Gasteiger partial charge in [0.25, 0.3) is 0 Å². The average Bonchev–Trinajstić information content (AvgIpc) is 3.09. The molecule has 50 heavy (non-hydrogen) atoms. The SMILES string of the molecule is C.CCC/C=C(\C)[C@@H](O)[C@H](C)/C=C/C#CCC/C=C(\C)C(=O)NCCOCCNC(=O)/C(C)=C/CCC#C/C=C/[C@@H](C)[C@@H](O)/C(C)=C/CCC.[HH].[HH]. The van der Waals surface area contributed by atoms with E-state index in [4.69, 9.17) is 4.74 Å². The number of allylic oxidation sites excluding steroid dienone is 6. The molecule has 7 nitrogen and oxygen atoms in total. The van der Waals surface area contributed by atoms with Gasteiger partial charge in [0.2, 0.25) is 11.8 Å². The first-order valence-electron chi connectivity index (χ1n) is 17.9. The minimum atomic E-state index is -0.493. The van der Waals surface area contributed by atoms with Gasteiger partial charge in [-0.15, -0.1) is 0 Å². The maximum absolute atomic E-state index is 12.3. The van der Waals surface area contributed by atoms with Crippen LogP contribution in [-0.4, -0.2) is 60.5 Å². The van der Waals surface area contributed by atoms with Crippen LogP contribution in [0.1, 0.15) is 117 Å². The van der Waals surface area contributed by atoms with E-state index in [1.54, 1.807) is 26.0 Å². The summed E-state index contributed by atoms with van der Waals surface area (Å²) >= 11 is 0. The molecule has 0 unspecified atom stereocenters. The lowest BCUT2D eigenvalue weighted by molar-refractivity contribution is -0.118. The van der Waals surface area contributed by atoms with E-state index in [1.165, 1.54) is 0 Å². The fourth-order valence-electron chi connectivity index (χ4n) is 4.45. The molecule has 7 heteroatoms. The van der Waals surface area contributed by atoms with Gasteiger partial charge in [-0.1, -0.05) is 108 Å². The quantitative estimate of drug-likeness (QED) is 0.0394. The molecule has 0 aliphatic heterocycles. The van der Waals surface area contributed by atoms with Crippen LogP contribution in [0.5, 0.6) is 0 Å². The van der Waals surface area contributed by atoms with Crippen molar-refractivity contribution in [1.29, 1.82) is 0 Å². The molecule has 4 atom stereocenters. The lowest BCUT2D eigenvalue weighted by Gasteiger charge is -2.16. The van der Waals surface area contributed by atoms with E-state index in [1.807, 2.05) is 52.0 Å². The van der Waals surface area contributed by atoms with Gasteiger partial charge in [0.15, 0.2) is 0 Å². The largest absolute Gasteiger partial charge is 0.388 e. The summed E-state index contributed by atoms with van der Waals surface area (Å²) in [4.78, 5) is 24.6. The van der Waals surface area contributed by atoms with Crippen LogP contribution in [0.15, 0.2) is 70.9 Å². The standard InChI is InChI=1S/C42H64N2O5.CH4.2H2/c1-9-11-23-33(3)39(45)35(5)25-19-15-13-17-21-27-37(7)41(47)43-29-31-49-32-30-44-42(48)38(8)28-22-18-14-16-20-26-36(6)40(46)34(4)24-12-10-2;;;/h19-20,23-28,35-36,39-40,45-46H,9-12,17-18,21-22,29-32H2,1-8H3,(H,43,47)(H,44,48);1H4;2*1H/b25-19+,26-20+,33-23+,34-24+,37-27+,38-28+;;;/t35-,36-,39-,40+;;;/m1.../s1. The van der Waals surface area contributed by atoms with Crippen molar-refractivity contribution >= 4 is 11.8 Å². The molecule has 0 saturated heterocycles. The predicted octanol–water partition coefficient (Wildman–Crippen LogP) is 8.42. The highest BCUT2D eigenvalue weighted by Crippen LogP contribution is 2.15. The molecule has 4 N–H and O–H groups in total. The summed E-state index contributed by atoms with van der Waals surface area (Å²) in [5.41, 5.74) is 3.26. The summed E-state index contributed by atoms with van der Waals surface area (Å²) in [5, 5.41) is 26.4. The first-order chi connectivity index (χ1) is 23.5. The summed E-state index contributed by atoms with van der Waals surface area (Å²) in [6.45, 7) is 17.1. The summed E-state index contributed by atoms with van der Waals surface area (Å²) in [5.74, 6) is 11.9. The van der Waals surface area contributed by atoms with Gasteiger partial charge in [-0.05, 0) is 76.7 Å². The second kappa shape index (κ2) is 31.4. The molecule has 0 bridgehead atoms. The van der Waals surface area contributed by atoms with Crippen molar-refractivity contribution in [3.8, 4) is 23.7 Å². The number of amides is 2. The molecule has 0 aromatic heterocycles. The van der Waals surface area contributed by atoms with E-state index in [0.717, 1.165) is 36.8 Å². The number of hydrogen-bond donors (Lipinski definition) is 4. The number of aliphatic hydroxyl groups excluding tert-OH is 2. The highest BCUT2D eigenvalue weighted by atomic mass is 16.5. The van der Waals surface area contributed by atoms with E-state index < -0.39 is 12.2 Å². The van der Waals surface area contributed by atoms with Gasteiger partial charge in [-0.3, -0.25) is 9.59 Å². The predicted molar refractivity (Wildman–Crippen MR) is 215 cm³/mol. The van der Waals surface area contributed by atoms with Crippen molar-refractivity contribution in [2.75, 3.05) is 26.3 Å². The fraction of sp³-hybridized carbons (Fsp3) is 0.581. The molecule has 0 rings (SSSR count). The van der Waals surface area contributed by atoms with Gasteiger partial charge in [-0.25, -0.2) is 0 Å². The Labute approximate surface area is 308 Å².